The van der Waals surface area contributed by atoms with Gasteiger partial charge in [-0.3, -0.25) is 14.9 Å². The van der Waals surface area contributed by atoms with E-state index in [1.807, 2.05) is 0 Å². The molecule has 0 aliphatic rings. The zero-order valence-corrected chi connectivity index (χ0v) is 15.4. The van der Waals surface area contributed by atoms with Gasteiger partial charge in [0.25, 0.3) is 11.6 Å². The summed E-state index contributed by atoms with van der Waals surface area (Å²) < 4.78 is 7.71. The Kier molecular flexibility index (Phi) is 5.54. The van der Waals surface area contributed by atoms with Crippen LogP contribution in [0.25, 0.3) is 10.2 Å². The number of halogens is 1. The first-order chi connectivity index (χ1) is 13.0. The molecule has 9 heteroatoms. The maximum atomic E-state index is 12.2. The average Bonchev–Trinajstić information content (AvgIpc) is 2.98. The zero-order chi connectivity index (χ0) is 19.4. The molecule has 0 fully saturated rings. The summed E-state index contributed by atoms with van der Waals surface area (Å²) in [6, 6.07) is 11.0. The smallest absolute Gasteiger partial charge is 0.286 e. The molecule has 1 amide bonds. The molecule has 136 valence electrons. The van der Waals surface area contributed by atoms with Crippen LogP contribution < -0.4 is 9.54 Å². The number of nitrogens with zero attached hydrogens (tertiary/aromatic N) is 3. The van der Waals surface area contributed by atoms with Gasteiger partial charge in [-0.1, -0.05) is 28.9 Å². The Hall–Kier alpha value is -3.15. The summed E-state index contributed by atoms with van der Waals surface area (Å²) in [5.74, 6) is 2.46. The highest BCUT2D eigenvalue weighted by molar-refractivity contribution is 7.16. The number of hydrogen-bond acceptors (Lipinski definition) is 5. The minimum atomic E-state index is -0.503. The van der Waals surface area contributed by atoms with Crippen molar-refractivity contribution in [3.8, 4) is 18.1 Å². The van der Waals surface area contributed by atoms with Gasteiger partial charge in [0, 0.05) is 17.2 Å². The van der Waals surface area contributed by atoms with E-state index in [0.29, 0.717) is 21.1 Å². The molecular weight excluding hydrogens is 390 g/mol. The van der Waals surface area contributed by atoms with Crippen molar-refractivity contribution in [1.82, 2.24) is 4.57 Å². The fourth-order valence-corrected chi connectivity index (χ4v) is 3.47. The molecule has 0 bridgehead atoms. The number of nitro groups is 1. The molecule has 27 heavy (non-hydrogen) atoms. The van der Waals surface area contributed by atoms with Gasteiger partial charge < -0.3 is 9.30 Å². The van der Waals surface area contributed by atoms with E-state index in [4.69, 9.17) is 22.8 Å². The first-order valence-corrected chi connectivity index (χ1v) is 8.84. The predicted molar refractivity (Wildman–Crippen MR) is 103 cm³/mol. The molecule has 0 saturated carbocycles. The largest absolute Gasteiger partial charge is 0.484 e. The van der Waals surface area contributed by atoms with E-state index in [1.54, 1.807) is 34.9 Å². The Morgan fingerprint density at radius 2 is 2.07 bits per heavy atom. The number of nitro benzene ring substituents is 1. The van der Waals surface area contributed by atoms with Crippen molar-refractivity contribution in [2.24, 2.45) is 4.99 Å². The second-order valence-electron chi connectivity index (χ2n) is 5.33. The van der Waals surface area contributed by atoms with Gasteiger partial charge in [0.1, 0.15) is 5.75 Å². The van der Waals surface area contributed by atoms with E-state index < -0.39 is 10.8 Å². The number of hydrogen-bond donors (Lipinski definition) is 0. The van der Waals surface area contributed by atoms with E-state index in [1.165, 1.54) is 23.5 Å². The van der Waals surface area contributed by atoms with Gasteiger partial charge in [-0.2, -0.15) is 4.99 Å². The average molecular weight is 402 g/mol. The predicted octanol–water partition coefficient (Wildman–Crippen LogP) is 3.40. The van der Waals surface area contributed by atoms with Crippen LogP contribution >= 0.6 is 22.9 Å². The summed E-state index contributed by atoms with van der Waals surface area (Å²) in [7, 11) is 0. The quantitative estimate of drug-likeness (QED) is 0.372. The van der Waals surface area contributed by atoms with Crippen molar-refractivity contribution in [1.29, 1.82) is 0 Å². The van der Waals surface area contributed by atoms with Gasteiger partial charge in [-0.15, -0.1) is 6.42 Å². The number of fused-ring (bicyclic) bond motifs is 1. The number of ether oxygens (including phenoxy) is 1. The number of aromatic nitrogens is 1. The van der Waals surface area contributed by atoms with Crippen LogP contribution in [0, 0.1) is 22.5 Å². The zero-order valence-electron chi connectivity index (χ0n) is 13.8. The summed E-state index contributed by atoms with van der Waals surface area (Å²) >= 11 is 7.02. The van der Waals surface area contributed by atoms with Crippen LogP contribution in [0.5, 0.6) is 5.75 Å². The van der Waals surface area contributed by atoms with E-state index in [9.17, 15) is 14.9 Å². The summed E-state index contributed by atoms with van der Waals surface area (Å²) in [5, 5.41) is 11.6. The number of carbonyl (C=O) groups is 1. The lowest BCUT2D eigenvalue weighted by Gasteiger charge is -2.03. The molecule has 2 aromatic carbocycles. The number of thiazole rings is 1. The van der Waals surface area contributed by atoms with Crippen LogP contribution in [0.2, 0.25) is 5.02 Å². The second kappa shape index (κ2) is 8.03. The molecular formula is C18H12ClN3O4S. The first kappa shape index (κ1) is 18.6. The van der Waals surface area contributed by atoms with Crippen LogP contribution in [0.4, 0.5) is 5.69 Å². The number of amides is 1. The molecule has 1 heterocycles. The summed E-state index contributed by atoms with van der Waals surface area (Å²) in [5.41, 5.74) is 0.493. The van der Waals surface area contributed by atoms with Crippen molar-refractivity contribution in [3.05, 3.63) is 62.4 Å². The van der Waals surface area contributed by atoms with Crippen molar-refractivity contribution in [2.75, 3.05) is 6.61 Å². The third-order valence-corrected chi connectivity index (χ3v) is 4.83. The maximum absolute atomic E-state index is 12.2. The van der Waals surface area contributed by atoms with Crippen molar-refractivity contribution < 1.29 is 14.5 Å². The van der Waals surface area contributed by atoms with E-state index in [2.05, 4.69) is 10.9 Å². The molecule has 0 spiro atoms. The SMILES string of the molecule is C#CCn1c(=NC(=O)COc2ccc(Cl)cc2)sc2ccc([N+](=O)[O-])cc21. The monoisotopic (exact) mass is 401 g/mol. The van der Waals surface area contributed by atoms with Crippen molar-refractivity contribution in [3.63, 3.8) is 0 Å². The van der Waals surface area contributed by atoms with Crippen molar-refractivity contribution >= 4 is 44.7 Å². The van der Waals surface area contributed by atoms with Crippen LogP contribution in [0.15, 0.2) is 47.5 Å². The lowest BCUT2D eigenvalue weighted by Crippen LogP contribution is -2.19. The van der Waals surface area contributed by atoms with Gasteiger partial charge >= 0.3 is 0 Å². The lowest BCUT2D eigenvalue weighted by atomic mass is 10.3. The van der Waals surface area contributed by atoms with E-state index in [0.717, 1.165) is 4.70 Å². The van der Waals surface area contributed by atoms with Gasteiger partial charge in [-0.25, -0.2) is 0 Å². The molecule has 0 unspecified atom stereocenters. The molecule has 0 N–H and O–H groups in total. The molecule has 0 aliphatic carbocycles. The molecule has 0 atom stereocenters. The minimum Gasteiger partial charge on any atom is -0.484 e. The Balaban J connectivity index is 1.90. The molecule has 1 aromatic heterocycles. The van der Waals surface area contributed by atoms with E-state index >= 15 is 0 Å². The minimum absolute atomic E-state index is 0.0602. The highest BCUT2D eigenvalue weighted by Crippen LogP contribution is 2.23. The first-order valence-electron chi connectivity index (χ1n) is 7.65. The van der Waals surface area contributed by atoms with Crippen LogP contribution in [-0.2, 0) is 11.3 Å². The standard InChI is InChI=1S/C18H12ClN3O4S/c1-2-9-21-15-10-13(22(24)25)5-8-16(15)27-18(21)20-17(23)11-26-14-6-3-12(19)4-7-14/h1,3-8,10H,9,11H2. The Labute approximate surface area is 162 Å². The van der Waals surface area contributed by atoms with Crippen LogP contribution in [0.1, 0.15) is 0 Å². The number of rotatable bonds is 5. The highest BCUT2D eigenvalue weighted by Gasteiger charge is 2.12. The Morgan fingerprint density at radius 3 is 2.74 bits per heavy atom. The third-order valence-electron chi connectivity index (χ3n) is 3.52. The summed E-state index contributed by atoms with van der Waals surface area (Å²) in [6.07, 6.45) is 5.39. The highest BCUT2D eigenvalue weighted by atomic mass is 35.5. The van der Waals surface area contributed by atoms with E-state index in [-0.39, 0.29) is 18.8 Å². The number of non-ortho nitro benzene ring substituents is 1. The fraction of sp³-hybridized carbons (Fsp3) is 0.111. The molecule has 0 aliphatic heterocycles. The van der Waals surface area contributed by atoms with Gasteiger partial charge in [0.05, 0.1) is 21.7 Å². The maximum Gasteiger partial charge on any atom is 0.286 e. The number of carbonyl (C=O) groups excluding carboxylic acids is 1. The summed E-state index contributed by atoms with van der Waals surface area (Å²) in [4.78, 5) is 27.1. The van der Waals surface area contributed by atoms with Gasteiger partial charge in [0.2, 0.25) is 0 Å². The fourth-order valence-electron chi connectivity index (χ4n) is 2.32. The molecule has 0 saturated heterocycles. The Morgan fingerprint density at radius 1 is 1.33 bits per heavy atom. The molecule has 0 radical (unpaired) electrons. The normalized spacial score (nSPS) is 11.3. The second-order valence-corrected chi connectivity index (χ2v) is 6.78. The summed E-state index contributed by atoms with van der Waals surface area (Å²) in [6.45, 7) is -0.128. The Bertz CT molecular complexity index is 1130. The van der Waals surface area contributed by atoms with Gasteiger partial charge in [0.15, 0.2) is 11.4 Å². The number of benzene rings is 2. The third kappa shape index (κ3) is 4.34. The van der Waals surface area contributed by atoms with Crippen LogP contribution in [0.3, 0.4) is 0 Å². The molecule has 7 nitrogen and oxygen atoms in total. The van der Waals surface area contributed by atoms with Crippen LogP contribution in [-0.4, -0.2) is 22.0 Å². The topological polar surface area (TPSA) is 86.7 Å². The number of terminal acetylenes is 1. The molecule has 3 aromatic rings. The van der Waals surface area contributed by atoms with Crippen molar-refractivity contribution in [2.45, 2.75) is 6.54 Å². The lowest BCUT2D eigenvalue weighted by molar-refractivity contribution is -0.384. The molecule has 3 rings (SSSR count). The van der Waals surface area contributed by atoms with Gasteiger partial charge in [-0.05, 0) is 30.3 Å².